The molecule has 3 aromatic rings. The molecule has 0 saturated heterocycles. The van der Waals surface area contributed by atoms with Crippen LogP contribution in [0.25, 0.3) is 6.08 Å². The van der Waals surface area contributed by atoms with Gasteiger partial charge in [-0.1, -0.05) is 12.1 Å². The molecule has 0 aliphatic heterocycles. The molecule has 0 atom stereocenters. The molecule has 7 heteroatoms. The fraction of sp³-hybridized carbons (Fsp3) is 0.0476. The molecule has 1 N–H and O–H groups in total. The monoisotopic (exact) mass is 398 g/mol. The molecule has 0 saturated carbocycles. The van der Waals surface area contributed by atoms with Crippen molar-refractivity contribution in [2.75, 3.05) is 0 Å². The first-order valence-corrected chi connectivity index (χ1v) is 9.74. The van der Waals surface area contributed by atoms with Crippen LogP contribution in [0.1, 0.15) is 16.7 Å². The van der Waals surface area contributed by atoms with E-state index in [1.807, 2.05) is 0 Å². The lowest BCUT2D eigenvalue weighted by molar-refractivity contribution is 0.567. The lowest BCUT2D eigenvalue weighted by Crippen LogP contribution is -2.06. The average molecular weight is 398 g/mol. The Morgan fingerprint density at radius 3 is 2.25 bits per heavy atom. The smallest absolute Gasteiger partial charge is 0.206 e. The van der Waals surface area contributed by atoms with Crippen LogP contribution in [0.4, 0.5) is 8.78 Å². The standard InChI is InChI=1S/C21H16F2N2O2S/c1-14-2-4-18(28(26,27)19-11-16(22)10-17(23)12-19)13-20(14)21(24)5-3-15-6-8-25-9-7-15/h2-13,24H,1H3/b5-3+,24-21?. The van der Waals surface area contributed by atoms with Crippen molar-refractivity contribution >= 4 is 21.6 Å². The van der Waals surface area contributed by atoms with Gasteiger partial charge in [0, 0.05) is 24.0 Å². The minimum atomic E-state index is -4.13. The van der Waals surface area contributed by atoms with Crippen LogP contribution in [-0.2, 0) is 9.84 Å². The number of aromatic nitrogens is 1. The van der Waals surface area contributed by atoms with Gasteiger partial charge in [-0.15, -0.1) is 0 Å². The Kier molecular flexibility index (Phi) is 5.46. The van der Waals surface area contributed by atoms with E-state index in [1.165, 1.54) is 12.1 Å². The number of halogens is 2. The number of benzene rings is 2. The van der Waals surface area contributed by atoms with Gasteiger partial charge in [-0.3, -0.25) is 4.98 Å². The number of hydrogen-bond acceptors (Lipinski definition) is 4. The molecule has 4 nitrogen and oxygen atoms in total. The Morgan fingerprint density at radius 2 is 1.61 bits per heavy atom. The zero-order chi connectivity index (χ0) is 20.3. The fourth-order valence-corrected chi connectivity index (χ4v) is 3.95. The number of allylic oxidation sites excluding steroid dienone is 1. The minimum absolute atomic E-state index is 0.108. The van der Waals surface area contributed by atoms with E-state index in [-0.39, 0.29) is 10.6 Å². The molecule has 1 aromatic heterocycles. The largest absolute Gasteiger partial charge is 0.300 e. The Balaban J connectivity index is 1.99. The Labute approximate surface area is 161 Å². The molecule has 2 aromatic carbocycles. The van der Waals surface area contributed by atoms with Gasteiger partial charge in [-0.05, 0) is 60.5 Å². The van der Waals surface area contributed by atoms with Crippen molar-refractivity contribution in [1.29, 1.82) is 5.41 Å². The molecule has 142 valence electrons. The number of nitrogens with one attached hydrogen (secondary N) is 1. The molecule has 0 radical (unpaired) electrons. The van der Waals surface area contributed by atoms with Gasteiger partial charge in [0.15, 0.2) is 0 Å². The number of rotatable bonds is 5. The maximum absolute atomic E-state index is 13.5. The van der Waals surface area contributed by atoms with Crippen LogP contribution in [-0.4, -0.2) is 19.1 Å². The molecule has 3 rings (SSSR count). The van der Waals surface area contributed by atoms with Crippen molar-refractivity contribution in [2.45, 2.75) is 16.7 Å². The summed E-state index contributed by atoms with van der Waals surface area (Å²) in [4.78, 5) is 3.30. The van der Waals surface area contributed by atoms with Crippen LogP contribution in [0.3, 0.4) is 0 Å². The van der Waals surface area contributed by atoms with Gasteiger partial charge in [-0.2, -0.15) is 0 Å². The first-order valence-electron chi connectivity index (χ1n) is 8.26. The molecule has 28 heavy (non-hydrogen) atoms. The van der Waals surface area contributed by atoms with Crippen molar-refractivity contribution in [3.05, 3.63) is 95.3 Å². The summed E-state index contributed by atoms with van der Waals surface area (Å²) in [5.74, 6) is -1.95. The van der Waals surface area contributed by atoms with E-state index < -0.39 is 26.4 Å². The van der Waals surface area contributed by atoms with E-state index in [2.05, 4.69) is 4.98 Å². The third kappa shape index (κ3) is 4.20. The van der Waals surface area contributed by atoms with Gasteiger partial charge >= 0.3 is 0 Å². The summed E-state index contributed by atoms with van der Waals surface area (Å²) in [6.07, 6.45) is 6.52. The summed E-state index contributed by atoms with van der Waals surface area (Å²) >= 11 is 0. The van der Waals surface area contributed by atoms with Crippen molar-refractivity contribution < 1.29 is 17.2 Å². The summed E-state index contributed by atoms with van der Waals surface area (Å²) in [7, 11) is -4.13. The highest BCUT2D eigenvalue weighted by Crippen LogP contribution is 2.25. The summed E-state index contributed by atoms with van der Waals surface area (Å²) in [5.41, 5.74) is 2.06. The zero-order valence-electron chi connectivity index (χ0n) is 14.9. The number of sulfone groups is 1. The predicted molar refractivity (Wildman–Crippen MR) is 103 cm³/mol. The second-order valence-electron chi connectivity index (χ2n) is 6.11. The van der Waals surface area contributed by atoms with Crippen LogP contribution in [0.5, 0.6) is 0 Å². The number of hydrogen-bond donors (Lipinski definition) is 1. The first kappa shape index (κ1) is 19.6. The SMILES string of the molecule is Cc1ccc(S(=O)(=O)c2cc(F)cc(F)c2)cc1C(=N)/C=C/c1ccncc1. The van der Waals surface area contributed by atoms with Gasteiger partial charge in [-0.25, -0.2) is 17.2 Å². The Bertz CT molecular complexity index is 1150. The molecule has 0 unspecified atom stereocenters. The average Bonchev–Trinajstić information content (AvgIpc) is 2.66. The van der Waals surface area contributed by atoms with Crippen LogP contribution in [0.15, 0.2) is 76.8 Å². The summed E-state index contributed by atoms with van der Waals surface area (Å²) in [5, 5.41) is 8.28. The Morgan fingerprint density at radius 1 is 0.964 bits per heavy atom. The highest BCUT2D eigenvalue weighted by Gasteiger charge is 2.21. The van der Waals surface area contributed by atoms with Gasteiger partial charge < -0.3 is 5.41 Å². The summed E-state index contributed by atoms with van der Waals surface area (Å²) in [6, 6.07) is 9.96. The van der Waals surface area contributed by atoms with Crippen LogP contribution >= 0.6 is 0 Å². The molecular formula is C21H16F2N2O2S. The van der Waals surface area contributed by atoms with Gasteiger partial charge in [0.05, 0.1) is 15.5 Å². The van der Waals surface area contributed by atoms with Crippen LogP contribution in [0.2, 0.25) is 0 Å². The van der Waals surface area contributed by atoms with E-state index in [1.54, 1.807) is 49.7 Å². The molecular weight excluding hydrogens is 382 g/mol. The van der Waals surface area contributed by atoms with Crippen LogP contribution in [0, 0.1) is 24.0 Å². The van der Waals surface area contributed by atoms with E-state index in [0.717, 1.165) is 17.7 Å². The van der Waals surface area contributed by atoms with Crippen molar-refractivity contribution in [3.8, 4) is 0 Å². The molecule has 1 heterocycles. The summed E-state index contributed by atoms with van der Waals surface area (Å²) < 4.78 is 52.5. The number of nitrogens with zero attached hydrogens (tertiary/aromatic N) is 1. The number of pyridine rings is 1. The van der Waals surface area contributed by atoms with Gasteiger partial charge in [0.1, 0.15) is 11.6 Å². The fourth-order valence-electron chi connectivity index (χ4n) is 2.62. The molecule has 0 fully saturated rings. The molecule has 0 bridgehead atoms. The Hall–Kier alpha value is -3.19. The topological polar surface area (TPSA) is 70.9 Å². The third-order valence-electron chi connectivity index (χ3n) is 4.10. The lowest BCUT2D eigenvalue weighted by Gasteiger charge is -2.10. The van der Waals surface area contributed by atoms with Crippen molar-refractivity contribution in [1.82, 2.24) is 4.98 Å². The molecule has 0 aliphatic carbocycles. The zero-order valence-corrected chi connectivity index (χ0v) is 15.7. The quantitative estimate of drug-likeness (QED) is 0.640. The normalized spacial score (nSPS) is 11.7. The first-order chi connectivity index (χ1) is 13.3. The van der Waals surface area contributed by atoms with E-state index in [4.69, 9.17) is 5.41 Å². The maximum Gasteiger partial charge on any atom is 0.206 e. The second kappa shape index (κ2) is 7.82. The highest BCUT2D eigenvalue weighted by molar-refractivity contribution is 7.91. The second-order valence-corrected chi connectivity index (χ2v) is 8.06. The molecule has 0 spiro atoms. The van der Waals surface area contributed by atoms with Gasteiger partial charge in [0.2, 0.25) is 9.84 Å². The highest BCUT2D eigenvalue weighted by atomic mass is 32.2. The number of aryl methyl sites for hydroxylation is 1. The lowest BCUT2D eigenvalue weighted by atomic mass is 10.0. The maximum atomic E-state index is 13.5. The minimum Gasteiger partial charge on any atom is -0.300 e. The van der Waals surface area contributed by atoms with Gasteiger partial charge in [0.25, 0.3) is 0 Å². The van der Waals surface area contributed by atoms with E-state index in [0.29, 0.717) is 17.2 Å². The molecule has 0 aliphatic rings. The predicted octanol–water partition coefficient (Wildman–Crippen LogP) is 4.58. The third-order valence-corrected chi connectivity index (χ3v) is 5.84. The summed E-state index contributed by atoms with van der Waals surface area (Å²) in [6.45, 7) is 1.75. The molecule has 0 amide bonds. The van der Waals surface area contributed by atoms with Crippen molar-refractivity contribution in [3.63, 3.8) is 0 Å². The van der Waals surface area contributed by atoms with Crippen LogP contribution < -0.4 is 0 Å². The van der Waals surface area contributed by atoms with Crippen molar-refractivity contribution in [2.24, 2.45) is 0 Å². The van der Waals surface area contributed by atoms with E-state index in [9.17, 15) is 17.2 Å². The van der Waals surface area contributed by atoms with E-state index >= 15 is 0 Å².